The van der Waals surface area contributed by atoms with Gasteiger partial charge in [0.15, 0.2) is 0 Å². The van der Waals surface area contributed by atoms with Crippen LogP contribution in [-0.2, 0) is 0 Å². The molecular weight excluding hydrogens is 498 g/mol. The van der Waals surface area contributed by atoms with Crippen LogP contribution in [0.5, 0.6) is 0 Å². The van der Waals surface area contributed by atoms with Crippen LogP contribution in [-0.4, -0.2) is 27.4 Å². The molecule has 4 aromatic carbocycles. The quantitative estimate of drug-likeness (QED) is 0.170. The number of aromatic nitrogens is 3. The van der Waals surface area contributed by atoms with Crippen LogP contribution in [0.15, 0.2) is 119 Å². The van der Waals surface area contributed by atoms with Crippen molar-refractivity contribution >= 4 is 41.6 Å². The number of hydrazone groups is 2. The topological polar surface area (TPSA) is 90.7 Å². The average Bonchev–Trinajstić information content (AvgIpc) is 2.96. The van der Waals surface area contributed by atoms with Gasteiger partial charge in [0.2, 0.25) is 17.8 Å². The Hall–Kier alpha value is -5.51. The summed E-state index contributed by atoms with van der Waals surface area (Å²) in [6.07, 6.45) is 3.05. The number of benzene rings is 4. The first-order chi connectivity index (χ1) is 19.1. The summed E-state index contributed by atoms with van der Waals surface area (Å²) in [7, 11) is 0. The van der Waals surface area contributed by atoms with E-state index in [0.29, 0.717) is 17.1 Å². The molecule has 0 aliphatic carbocycles. The number of halogens is 2. The molecule has 5 rings (SSSR count). The lowest BCUT2D eigenvalue weighted by molar-refractivity contribution is 0.627. The highest BCUT2D eigenvalue weighted by Gasteiger charge is 2.17. The molecular formula is C29H22F2N8. The van der Waals surface area contributed by atoms with Gasteiger partial charge in [-0.1, -0.05) is 60.7 Å². The van der Waals surface area contributed by atoms with Gasteiger partial charge in [0.1, 0.15) is 11.6 Å². The Bertz CT molecular complexity index is 1440. The van der Waals surface area contributed by atoms with Crippen molar-refractivity contribution in [2.24, 2.45) is 10.2 Å². The van der Waals surface area contributed by atoms with E-state index in [-0.39, 0.29) is 23.5 Å². The maximum Gasteiger partial charge on any atom is 0.250 e. The predicted octanol–water partition coefficient (Wildman–Crippen LogP) is 6.51. The van der Waals surface area contributed by atoms with Crippen molar-refractivity contribution in [3.8, 4) is 0 Å². The van der Waals surface area contributed by atoms with Gasteiger partial charge in [-0.2, -0.15) is 25.2 Å². The Balaban J connectivity index is 1.49. The van der Waals surface area contributed by atoms with Gasteiger partial charge in [-0.05, 0) is 59.7 Å². The van der Waals surface area contributed by atoms with E-state index in [9.17, 15) is 8.78 Å². The van der Waals surface area contributed by atoms with Gasteiger partial charge in [0.05, 0.1) is 12.4 Å². The zero-order valence-electron chi connectivity index (χ0n) is 20.5. The van der Waals surface area contributed by atoms with Crippen LogP contribution < -0.4 is 15.8 Å². The Morgan fingerprint density at radius 2 is 0.949 bits per heavy atom. The third-order valence-electron chi connectivity index (χ3n) is 5.35. The molecule has 0 spiro atoms. The number of rotatable bonds is 9. The SMILES string of the molecule is Fc1ccc(C=NNc2nc(NN=Cc3ccc(F)cc3)nc(N(c3ccccc3)c3ccccc3)n2)cc1. The van der Waals surface area contributed by atoms with E-state index in [1.54, 1.807) is 24.3 Å². The lowest BCUT2D eigenvalue weighted by Crippen LogP contribution is -2.16. The molecule has 192 valence electrons. The second-order valence-electron chi connectivity index (χ2n) is 8.13. The van der Waals surface area contributed by atoms with Gasteiger partial charge in [0.25, 0.3) is 0 Å². The summed E-state index contributed by atoms with van der Waals surface area (Å²) in [5.74, 6) is -0.0622. The molecule has 0 amide bonds. The standard InChI is InChI=1S/C29H22F2N8/c30-23-15-11-21(12-16-23)19-32-37-27-34-28(38-33-20-22-13-17-24(31)18-14-22)36-29(35-27)39(25-7-3-1-4-8-25)26-9-5-2-6-10-26/h1-20H,(H2,34,35,36,37,38). The fourth-order valence-electron chi connectivity index (χ4n) is 3.53. The first kappa shape index (κ1) is 25.2. The zero-order chi connectivity index (χ0) is 26.9. The number of nitrogens with one attached hydrogen (secondary N) is 2. The highest BCUT2D eigenvalue weighted by molar-refractivity contribution is 5.81. The fourth-order valence-corrected chi connectivity index (χ4v) is 3.53. The van der Waals surface area contributed by atoms with E-state index < -0.39 is 0 Å². The lowest BCUT2D eigenvalue weighted by atomic mass is 10.2. The largest absolute Gasteiger partial charge is 0.279 e. The maximum absolute atomic E-state index is 13.2. The third-order valence-corrected chi connectivity index (χ3v) is 5.35. The second kappa shape index (κ2) is 12.2. The average molecular weight is 521 g/mol. The minimum atomic E-state index is -0.332. The van der Waals surface area contributed by atoms with Crippen molar-refractivity contribution in [2.45, 2.75) is 0 Å². The summed E-state index contributed by atoms with van der Waals surface area (Å²) in [6, 6.07) is 31.1. The molecule has 0 radical (unpaired) electrons. The molecule has 0 aliphatic heterocycles. The summed E-state index contributed by atoms with van der Waals surface area (Å²) in [5.41, 5.74) is 8.67. The van der Waals surface area contributed by atoms with Crippen LogP contribution in [0, 0.1) is 11.6 Å². The molecule has 5 aromatic rings. The van der Waals surface area contributed by atoms with Gasteiger partial charge in [-0.25, -0.2) is 19.6 Å². The number of hydrogen-bond acceptors (Lipinski definition) is 8. The molecule has 39 heavy (non-hydrogen) atoms. The van der Waals surface area contributed by atoms with Gasteiger partial charge < -0.3 is 0 Å². The van der Waals surface area contributed by atoms with Crippen LogP contribution in [0.25, 0.3) is 0 Å². The molecule has 0 saturated carbocycles. The van der Waals surface area contributed by atoms with Crippen molar-refractivity contribution < 1.29 is 8.78 Å². The Labute approximate surface area is 223 Å². The van der Waals surface area contributed by atoms with Gasteiger partial charge in [0, 0.05) is 11.4 Å². The lowest BCUT2D eigenvalue weighted by Gasteiger charge is -2.23. The molecule has 8 nitrogen and oxygen atoms in total. The molecule has 0 atom stereocenters. The Kier molecular flexibility index (Phi) is 7.84. The first-order valence-electron chi connectivity index (χ1n) is 11.9. The Morgan fingerprint density at radius 3 is 1.36 bits per heavy atom. The van der Waals surface area contributed by atoms with E-state index in [4.69, 9.17) is 0 Å². The molecule has 0 fully saturated rings. The third kappa shape index (κ3) is 6.83. The van der Waals surface area contributed by atoms with E-state index >= 15 is 0 Å². The zero-order valence-corrected chi connectivity index (χ0v) is 20.5. The van der Waals surface area contributed by atoms with Crippen molar-refractivity contribution in [1.29, 1.82) is 0 Å². The summed E-state index contributed by atoms with van der Waals surface area (Å²) in [4.78, 5) is 15.4. The molecule has 2 N–H and O–H groups in total. The normalized spacial score (nSPS) is 11.1. The number of nitrogens with zero attached hydrogens (tertiary/aromatic N) is 6. The fraction of sp³-hybridized carbons (Fsp3) is 0. The number of para-hydroxylation sites is 2. The van der Waals surface area contributed by atoms with Crippen LogP contribution in [0.2, 0.25) is 0 Å². The summed E-state index contributed by atoms with van der Waals surface area (Å²) in [6.45, 7) is 0. The summed E-state index contributed by atoms with van der Waals surface area (Å²) >= 11 is 0. The molecule has 0 bridgehead atoms. The summed E-state index contributed by atoms with van der Waals surface area (Å²) in [5, 5.41) is 8.39. The highest BCUT2D eigenvalue weighted by atomic mass is 19.1. The van der Waals surface area contributed by atoms with Crippen molar-refractivity contribution in [2.75, 3.05) is 15.8 Å². The molecule has 0 saturated heterocycles. The smallest absolute Gasteiger partial charge is 0.250 e. The van der Waals surface area contributed by atoms with Crippen molar-refractivity contribution in [3.05, 3.63) is 132 Å². The molecule has 10 heteroatoms. The maximum atomic E-state index is 13.2. The van der Waals surface area contributed by atoms with Gasteiger partial charge in [-0.3, -0.25) is 4.90 Å². The molecule has 1 heterocycles. The van der Waals surface area contributed by atoms with Crippen LogP contribution >= 0.6 is 0 Å². The van der Waals surface area contributed by atoms with Crippen molar-refractivity contribution in [3.63, 3.8) is 0 Å². The summed E-state index contributed by atoms with van der Waals surface area (Å²) < 4.78 is 26.4. The monoisotopic (exact) mass is 520 g/mol. The van der Waals surface area contributed by atoms with E-state index in [2.05, 4.69) is 36.0 Å². The van der Waals surface area contributed by atoms with Gasteiger partial charge >= 0.3 is 0 Å². The molecule has 0 aliphatic rings. The van der Waals surface area contributed by atoms with E-state index in [1.807, 2.05) is 65.6 Å². The highest BCUT2D eigenvalue weighted by Crippen LogP contribution is 2.32. The molecule has 0 unspecified atom stereocenters. The van der Waals surface area contributed by atoms with Crippen LogP contribution in [0.3, 0.4) is 0 Å². The number of hydrogen-bond donors (Lipinski definition) is 2. The van der Waals surface area contributed by atoms with Crippen LogP contribution in [0.4, 0.5) is 38.0 Å². The molecule has 1 aromatic heterocycles. The minimum Gasteiger partial charge on any atom is -0.279 e. The van der Waals surface area contributed by atoms with Gasteiger partial charge in [-0.15, -0.1) is 0 Å². The van der Waals surface area contributed by atoms with E-state index in [1.165, 1.54) is 36.7 Å². The van der Waals surface area contributed by atoms with Crippen molar-refractivity contribution in [1.82, 2.24) is 15.0 Å². The second-order valence-corrected chi connectivity index (χ2v) is 8.13. The van der Waals surface area contributed by atoms with Crippen LogP contribution in [0.1, 0.15) is 11.1 Å². The minimum absolute atomic E-state index is 0.148. The number of anilines is 5. The van der Waals surface area contributed by atoms with E-state index in [0.717, 1.165) is 11.4 Å². The predicted molar refractivity (Wildman–Crippen MR) is 150 cm³/mol. The Morgan fingerprint density at radius 1 is 0.538 bits per heavy atom. The first-order valence-corrected chi connectivity index (χ1v) is 11.9.